The van der Waals surface area contributed by atoms with Crippen molar-refractivity contribution in [3.05, 3.63) is 56.0 Å². The van der Waals surface area contributed by atoms with Crippen LogP contribution in [0.1, 0.15) is 5.69 Å². The number of fused-ring (bicyclic) bond motifs is 1. The van der Waals surface area contributed by atoms with Gasteiger partial charge in [0, 0.05) is 23.4 Å². The minimum absolute atomic E-state index is 0.0344. The average Bonchev–Trinajstić information content (AvgIpc) is 2.94. The number of benzene rings is 1. The molecule has 0 aliphatic heterocycles. The molecule has 0 amide bonds. The van der Waals surface area contributed by atoms with Gasteiger partial charge in [0.05, 0.1) is 5.02 Å². The largest absolute Gasteiger partial charge is 0.460 e. The van der Waals surface area contributed by atoms with E-state index in [0.29, 0.717) is 20.6 Å². The van der Waals surface area contributed by atoms with Crippen molar-refractivity contribution >= 4 is 34.3 Å². The number of halogens is 4. The Labute approximate surface area is 147 Å². The van der Waals surface area contributed by atoms with Crippen molar-refractivity contribution in [1.82, 2.24) is 9.13 Å². The highest BCUT2D eigenvalue weighted by atomic mass is 35.5. The van der Waals surface area contributed by atoms with Crippen LogP contribution < -0.4 is 11.2 Å². The second-order valence-electron chi connectivity index (χ2n) is 5.15. The van der Waals surface area contributed by atoms with Gasteiger partial charge < -0.3 is 4.42 Å². The van der Waals surface area contributed by atoms with Gasteiger partial charge in [0.2, 0.25) is 0 Å². The van der Waals surface area contributed by atoms with Crippen LogP contribution in [0.25, 0.3) is 16.7 Å². The summed E-state index contributed by atoms with van der Waals surface area (Å²) >= 11 is 7.49. The van der Waals surface area contributed by atoms with Crippen LogP contribution in [0.5, 0.6) is 0 Å². The molecule has 3 rings (SSSR count). The maximum Gasteiger partial charge on any atom is 0.431 e. The van der Waals surface area contributed by atoms with E-state index in [1.165, 1.54) is 11.8 Å². The lowest BCUT2D eigenvalue weighted by Gasteiger charge is -2.13. The molecular weight excluding hydrogens is 381 g/mol. The molecule has 132 valence electrons. The van der Waals surface area contributed by atoms with Gasteiger partial charge in [-0.3, -0.25) is 9.36 Å². The van der Waals surface area contributed by atoms with E-state index in [-0.39, 0.29) is 16.3 Å². The van der Waals surface area contributed by atoms with Crippen LogP contribution in [0.3, 0.4) is 0 Å². The van der Waals surface area contributed by atoms with Crippen molar-refractivity contribution in [2.75, 3.05) is 6.26 Å². The third kappa shape index (κ3) is 2.87. The number of aromatic nitrogens is 2. The van der Waals surface area contributed by atoms with Crippen molar-refractivity contribution in [1.29, 1.82) is 0 Å². The summed E-state index contributed by atoms with van der Waals surface area (Å²) < 4.78 is 45.1. The van der Waals surface area contributed by atoms with Crippen molar-refractivity contribution in [3.63, 3.8) is 0 Å². The molecular formula is C15H10ClF3N2O3S. The highest BCUT2D eigenvalue weighted by molar-refractivity contribution is 7.98. The van der Waals surface area contributed by atoms with Crippen molar-refractivity contribution < 1.29 is 17.6 Å². The molecule has 3 aromatic rings. The van der Waals surface area contributed by atoms with Crippen LogP contribution in [-0.2, 0) is 13.2 Å². The molecule has 0 spiro atoms. The molecule has 0 fully saturated rings. The van der Waals surface area contributed by atoms with Crippen molar-refractivity contribution in [3.8, 4) is 5.69 Å². The number of alkyl halides is 3. The molecule has 2 heterocycles. The maximum atomic E-state index is 12.9. The molecule has 0 saturated carbocycles. The lowest BCUT2D eigenvalue weighted by atomic mass is 10.2. The third-order valence-corrected chi connectivity index (χ3v) is 4.66. The van der Waals surface area contributed by atoms with Crippen LogP contribution >= 0.6 is 23.4 Å². The zero-order valence-corrected chi connectivity index (χ0v) is 14.4. The van der Waals surface area contributed by atoms with Crippen LogP contribution in [0.2, 0.25) is 5.02 Å². The molecule has 0 unspecified atom stereocenters. The predicted octanol–water partition coefficient (Wildman–Crippen LogP) is 3.68. The Hall–Kier alpha value is -2.13. The van der Waals surface area contributed by atoms with Gasteiger partial charge in [0.15, 0.2) is 5.58 Å². The fourth-order valence-corrected chi connectivity index (χ4v) is 3.27. The van der Waals surface area contributed by atoms with Crippen LogP contribution in [0.4, 0.5) is 13.2 Å². The summed E-state index contributed by atoms with van der Waals surface area (Å²) in [6.45, 7) is 0. The summed E-state index contributed by atoms with van der Waals surface area (Å²) in [6.07, 6.45) is -1.89. The summed E-state index contributed by atoms with van der Waals surface area (Å²) in [7, 11) is 0.948. The predicted molar refractivity (Wildman–Crippen MR) is 88.8 cm³/mol. The second-order valence-corrected chi connectivity index (χ2v) is 6.44. The molecule has 0 radical (unpaired) electrons. The normalized spacial score (nSPS) is 12.1. The molecule has 10 heteroatoms. The van der Waals surface area contributed by atoms with E-state index in [9.17, 15) is 22.8 Å². The number of furan rings is 1. The Morgan fingerprint density at radius 2 is 1.88 bits per heavy atom. The van der Waals surface area contributed by atoms with Crippen LogP contribution in [0.15, 0.2) is 43.4 Å². The first-order chi connectivity index (χ1) is 11.6. The van der Waals surface area contributed by atoms with Crippen molar-refractivity contribution in [2.24, 2.45) is 7.05 Å². The van der Waals surface area contributed by atoms with Gasteiger partial charge >= 0.3 is 11.9 Å². The number of hydrogen-bond acceptors (Lipinski definition) is 4. The first kappa shape index (κ1) is 17.7. The Morgan fingerprint density at radius 1 is 1.20 bits per heavy atom. The van der Waals surface area contributed by atoms with Gasteiger partial charge in [-0.25, -0.2) is 9.36 Å². The average molecular weight is 391 g/mol. The summed E-state index contributed by atoms with van der Waals surface area (Å²) in [6, 6.07) is 3.67. The lowest BCUT2D eigenvalue weighted by molar-refractivity contribution is -0.144. The van der Waals surface area contributed by atoms with E-state index < -0.39 is 23.1 Å². The van der Waals surface area contributed by atoms with Gasteiger partial charge in [-0.05, 0) is 18.4 Å². The number of hydrogen-bond donors (Lipinski definition) is 0. The van der Waals surface area contributed by atoms with Gasteiger partial charge in [-0.2, -0.15) is 13.2 Å². The quantitative estimate of drug-likeness (QED) is 0.626. The summed E-state index contributed by atoms with van der Waals surface area (Å²) in [5.74, 6) is 0. The van der Waals surface area contributed by atoms with Crippen molar-refractivity contribution in [2.45, 2.75) is 11.1 Å². The van der Waals surface area contributed by atoms with E-state index >= 15 is 0 Å². The molecule has 1 aromatic carbocycles. The standard InChI is InChI=1S/C15H10ClF3N2O3S/c1-20-11(15(17,18)19)5-12(22)21(14(20)23)10-6-24-13-8(10)3-7(25-2)4-9(13)16/h3-6H,1-2H3. The summed E-state index contributed by atoms with van der Waals surface area (Å²) in [4.78, 5) is 25.3. The zero-order valence-electron chi connectivity index (χ0n) is 12.8. The zero-order chi connectivity index (χ0) is 18.5. The number of thioether (sulfide) groups is 1. The second kappa shape index (κ2) is 5.99. The van der Waals surface area contributed by atoms with Gasteiger partial charge in [0.1, 0.15) is 17.6 Å². The molecule has 0 N–H and O–H groups in total. The fourth-order valence-electron chi connectivity index (χ4n) is 2.47. The molecule has 0 aliphatic carbocycles. The maximum absolute atomic E-state index is 12.9. The summed E-state index contributed by atoms with van der Waals surface area (Å²) in [5, 5.41) is 0.626. The highest BCUT2D eigenvalue weighted by Crippen LogP contribution is 2.34. The van der Waals surface area contributed by atoms with E-state index in [2.05, 4.69) is 0 Å². The minimum atomic E-state index is -4.82. The third-order valence-electron chi connectivity index (χ3n) is 3.67. The minimum Gasteiger partial charge on any atom is -0.460 e. The van der Waals surface area contributed by atoms with E-state index in [4.69, 9.17) is 16.0 Å². The summed E-state index contributed by atoms with van der Waals surface area (Å²) in [5.41, 5.74) is -3.29. The van der Waals surface area contributed by atoms with Crippen LogP contribution in [-0.4, -0.2) is 15.4 Å². The number of rotatable bonds is 2. The van der Waals surface area contributed by atoms with Gasteiger partial charge in [-0.15, -0.1) is 11.8 Å². The SMILES string of the molecule is CSc1cc(Cl)c2occ(-n3c(=O)cc(C(F)(F)F)n(C)c3=O)c2c1. The molecule has 2 aromatic heterocycles. The Bertz CT molecular complexity index is 1100. The van der Waals surface area contributed by atoms with Gasteiger partial charge in [0.25, 0.3) is 5.56 Å². The van der Waals surface area contributed by atoms with Crippen LogP contribution in [0, 0.1) is 0 Å². The lowest BCUT2D eigenvalue weighted by Crippen LogP contribution is -2.40. The van der Waals surface area contributed by atoms with Gasteiger partial charge in [-0.1, -0.05) is 11.6 Å². The number of nitrogens with zero attached hydrogens (tertiary/aromatic N) is 2. The molecule has 5 nitrogen and oxygen atoms in total. The topological polar surface area (TPSA) is 57.1 Å². The fraction of sp³-hybridized carbons (Fsp3) is 0.200. The monoisotopic (exact) mass is 390 g/mol. The molecule has 0 bridgehead atoms. The Morgan fingerprint density at radius 3 is 2.48 bits per heavy atom. The smallest absolute Gasteiger partial charge is 0.431 e. The molecule has 25 heavy (non-hydrogen) atoms. The Balaban J connectivity index is 2.37. The molecule has 0 atom stereocenters. The first-order valence-corrected chi connectivity index (χ1v) is 8.41. The molecule has 0 aliphatic rings. The van der Waals surface area contributed by atoms with E-state index in [1.54, 1.807) is 18.4 Å². The van der Waals surface area contributed by atoms with E-state index in [0.717, 1.165) is 18.2 Å². The Kier molecular flexibility index (Phi) is 4.24. The van der Waals surface area contributed by atoms with E-state index in [1.807, 2.05) is 0 Å². The highest BCUT2D eigenvalue weighted by Gasteiger charge is 2.35. The first-order valence-electron chi connectivity index (χ1n) is 6.80. The molecule has 0 saturated heterocycles.